The molecule has 0 saturated carbocycles. The Hall–Kier alpha value is -1.57. The fourth-order valence-corrected chi connectivity index (χ4v) is 5.45. The van der Waals surface area contributed by atoms with Crippen molar-refractivity contribution >= 4 is 25.3 Å². The van der Waals surface area contributed by atoms with Gasteiger partial charge in [0.2, 0.25) is 0 Å². The molecular weight excluding hydrogens is 325 g/mol. The van der Waals surface area contributed by atoms with Crippen molar-refractivity contribution < 1.29 is 4.79 Å². The molecule has 2 aromatic carbocycles. The van der Waals surface area contributed by atoms with E-state index in [1.54, 1.807) is 0 Å². The molecule has 0 radical (unpaired) electrons. The summed E-state index contributed by atoms with van der Waals surface area (Å²) in [6.45, 7) is 2.93. The maximum atomic E-state index is 12.4. The van der Waals surface area contributed by atoms with Gasteiger partial charge in [0.05, 0.1) is 0 Å². The van der Waals surface area contributed by atoms with Crippen molar-refractivity contribution in [1.82, 2.24) is 5.32 Å². The Morgan fingerprint density at radius 1 is 1.10 bits per heavy atom. The zero-order valence-electron chi connectivity index (χ0n) is 12.1. The van der Waals surface area contributed by atoms with Crippen LogP contribution < -0.4 is 9.78 Å². The van der Waals surface area contributed by atoms with Crippen molar-refractivity contribution in [2.45, 2.75) is 18.2 Å². The van der Waals surface area contributed by atoms with E-state index < -0.39 is 0 Å². The third-order valence-corrected chi connectivity index (χ3v) is 7.29. The van der Waals surface area contributed by atoms with Crippen molar-refractivity contribution in [3.8, 4) is 0 Å². The minimum absolute atomic E-state index is 0.203. The SMILES string of the molecule is CC1(Cc2ccccc2)C(=O)NCC1[Se]c1ccccc1. The van der Waals surface area contributed by atoms with Crippen LogP contribution in [0.3, 0.4) is 0 Å². The molecule has 2 nitrogen and oxygen atoms in total. The standard InChI is InChI=1S/C18H19NOSe/c1-18(12-14-8-4-2-5-9-14)16(13-19-17(18)20)21-15-10-6-3-7-11-15/h2-11,16H,12-13H2,1H3,(H,19,20). The van der Waals surface area contributed by atoms with Gasteiger partial charge in [-0.15, -0.1) is 0 Å². The summed E-state index contributed by atoms with van der Waals surface area (Å²) in [6.07, 6.45) is 0.818. The first-order valence-electron chi connectivity index (χ1n) is 7.22. The molecule has 0 spiro atoms. The fraction of sp³-hybridized carbons (Fsp3) is 0.278. The molecule has 1 heterocycles. The predicted octanol–water partition coefficient (Wildman–Crippen LogP) is 2.18. The summed E-state index contributed by atoms with van der Waals surface area (Å²) in [5.74, 6) is 0.203. The summed E-state index contributed by atoms with van der Waals surface area (Å²) < 4.78 is 1.37. The van der Waals surface area contributed by atoms with Crippen LogP contribution in [0.25, 0.3) is 0 Å². The summed E-state index contributed by atoms with van der Waals surface area (Å²) in [4.78, 5) is 12.8. The molecule has 2 atom stereocenters. The molecule has 1 fully saturated rings. The van der Waals surface area contributed by atoms with Gasteiger partial charge < -0.3 is 0 Å². The van der Waals surface area contributed by atoms with E-state index in [1.807, 2.05) is 24.3 Å². The summed E-state index contributed by atoms with van der Waals surface area (Å²) in [5, 5.41) is 3.08. The molecule has 0 bridgehead atoms. The van der Waals surface area contributed by atoms with E-state index in [0.717, 1.165) is 13.0 Å². The molecule has 21 heavy (non-hydrogen) atoms. The van der Waals surface area contributed by atoms with E-state index in [1.165, 1.54) is 10.0 Å². The number of hydrogen-bond acceptors (Lipinski definition) is 1. The Morgan fingerprint density at radius 3 is 2.38 bits per heavy atom. The average Bonchev–Trinajstić information content (AvgIpc) is 2.78. The first-order chi connectivity index (χ1) is 10.2. The third-order valence-electron chi connectivity index (χ3n) is 4.11. The first kappa shape index (κ1) is 14.4. The molecule has 2 unspecified atom stereocenters. The van der Waals surface area contributed by atoms with Crippen LogP contribution in [0, 0.1) is 5.41 Å². The van der Waals surface area contributed by atoms with E-state index in [2.05, 4.69) is 48.6 Å². The maximum absolute atomic E-state index is 12.4. The predicted molar refractivity (Wildman–Crippen MR) is 86.8 cm³/mol. The molecule has 2 aromatic rings. The molecular formula is C18H19NOSe. The number of nitrogens with one attached hydrogen (secondary N) is 1. The minimum atomic E-state index is -0.294. The molecule has 3 rings (SSSR count). The molecule has 1 N–H and O–H groups in total. The van der Waals surface area contributed by atoms with Crippen LogP contribution in [-0.4, -0.2) is 27.4 Å². The van der Waals surface area contributed by atoms with Crippen LogP contribution >= 0.6 is 0 Å². The normalized spacial score (nSPS) is 24.8. The Labute approximate surface area is 132 Å². The molecule has 3 heteroatoms. The van der Waals surface area contributed by atoms with Gasteiger partial charge in [-0.3, -0.25) is 0 Å². The summed E-state index contributed by atoms with van der Waals surface area (Å²) >= 11 is 0.309. The van der Waals surface area contributed by atoms with Crippen LogP contribution in [0.4, 0.5) is 0 Å². The van der Waals surface area contributed by atoms with E-state index >= 15 is 0 Å². The zero-order valence-corrected chi connectivity index (χ0v) is 13.8. The van der Waals surface area contributed by atoms with Gasteiger partial charge in [0.15, 0.2) is 0 Å². The van der Waals surface area contributed by atoms with Crippen LogP contribution in [0.1, 0.15) is 12.5 Å². The topological polar surface area (TPSA) is 29.1 Å². The van der Waals surface area contributed by atoms with Crippen molar-refractivity contribution in [1.29, 1.82) is 0 Å². The molecule has 0 aliphatic carbocycles. The number of carbonyl (C=O) groups is 1. The van der Waals surface area contributed by atoms with Gasteiger partial charge in [-0.1, -0.05) is 0 Å². The molecule has 108 valence electrons. The Bertz CT molecular complexity index is 614. The summed E-state index contributed by atoms with van der Waals surface area (Å²) in [6, 6.07) is 20.9. The van der Waals surface area contributed by atoms with E-state index in [4.69, 9.17) is 0 Å². The van der Waals surface area contributed by atoms with Gasteiger partial charge in [0.25, 0.3) is 0 Å². The molecule has 1 aliphatic heterocycles. The van der Waals surface area contributed by atoms with Crippen molar-refractivity contribution in [2.24, 2.45) is 5.41 Å². The van der Waals surface area contributed by atoms with Gasteiger partial charge in [0, 0.05) is 0 Å². The van der Waals surface area contributed by atoms with Crippen LogP contribution in [0.5, 0.6) is 0 Å². The van der Waals surface area contributed by atoms with Gasteiger partial charge in [-0.05, 0) is 0 Å². The second-order valence-corrected chi connectivity index (χ2v) is 8.39. The number of amides is 1. The Balaban J connectivity index is 1.81. The fourth-order valence-electron chi connectivity index (χ4n) is 2.81. The monoisotopic (exact) mass is 345 g/mol. The number of carbonyl (C=O) groups excluding carboxylic acids is 1. The Morgan fingerprint density at radius 2 is 1.71 bits per heavy atom. The van der Waals surface area contributed by atoms with E-state index in [9.17, 15) is 4.79 Å². The number of benzene rings is 2. The molecule has 1 saturated heterocycles. The number of hydrogen-bond donors (Lipinski definition) is 1. The third kappa shape index (κ3) is 3.04. The van der Waals surface area contributed by atoms with Crippen LogP contribution in [0.2, 0.25) is 4.82 Å². The Kier molecular flexibility index (Phi) is 4.14. The summed E-state index contributed by atoms with van der Waals surface area (Å²) in [5.41, 5.74) is 0.947. The number of rotatable bonds is 4. The van der Waals surface area contributed by atoms with Gasteiger partial charge in [-0.2, -0.15) is 0 Å². The van der Waals surface area contributed by atoms with Crippen molar-refractivity contribution in [2.75, 3.05) is 6.54 Å². The van der Waals surface area contributed by atoms with Gasteiger partial charge >= 0.3 is 132 Å². The average molecular weight is 344 g/mol. The van der Waals surface area contributed by atoms with Gasteiger partial charge in [-0.25, -0.2) is 0 Å². The zero-order chi connectivity index (χ0) is 14.7. The second kappa shape index (κ2) is 6.05. The van der Waals surface area contributed by atoms with Crippen molar-refractivity contribution in [3.05, 3.63) is 66.2 Å². The summed E-state index contributed by atoms with van der Waals surface area (Å²) in [7, 11) is 0. The van der Waals surface area contributed by atoms with Crippen LogP contribution in [-0.2, 0) is 11.2 Å². The quantitative estimate of drug-likeness (QED) is 0.847. The van der Waals surface area contributed by atoms with Crippen LogP contribution in [0.15, 0.2) is 60.7 Å². The van der Waals surface area contributed by atoms with Gasteiger partial charge in [0.1, 0.15) is 0 Å². The van der Waals surface area contributed by atoms with E-state index in [-0.39, 0.29) is 11.3 Å². The molecule has 1 aliphatic rings. The first-order valence-corrected chi connectivity index (χ1v) is 9.07. The molecule has 1 amide bonds. The van der Waals surface area contributed by atoms with Crippen molar-refractivity contribution in [3.63, 3.8) is 0 Å². The van der Waals surface area contributed by atoms with E-state index in [0.29, 0.717) is 19.8 Å². The molecule has 0 aromatic heterocycles. The second-order valence-electron chi connectivity index (χ2n) is 5.71.